The second-order valence-electron chi connectivity index (χ2n) is 11.3. The van der Waals surface area contributed by atoms with E-state index in [1.165, 1.54) is 0 Å². The van der Waals surface area contributed by atoms with Gasteiger partial charge in [0.25, 0.3) is 11.8 Å². The fourth-order valence-corrected chi connectivity index (χ4v) is 6.18. The van der Waals surface area contributed by atoms with Crippen molar-refractivity contribution in [3.8, 4) is 0 Å². The van der Waals surface area contributed by atoms with Crippen molar-refractivity contribution in [3.63, 3.8) is 0 Å². The number of nitrogens with one attached hydrogen (secondary N) is 1. The van der Waals surface area contributed by atoms with Crippen LogP contribution in [0.25, 0.3) is 0 Å². The molecule has 4 heterocycles. The first-order valence-electron chi connectivity index (χ1n) is 14.2. The number of benzene rings is 3. The van der Waals surface area contributed by atoms with Crippen LogP contribution >= 0.6 is 0 Å². The molecule has 210 valence electrons. The monoisotopic (exact) mass is 551 g/mol. The molecule has 2 amide bonds. The molecule has 4 fully saturated rings. The van der Waals surface area contributed by atoms with Gasteiger partial charge < -0.3 is 15.0 Å². The molecule has 8 nitrogen and oxygen atoms in total. The van der Waals surface area contributed by atoms with Crippen LogP contribution in [0.1, 0.15) is 55.0 Å². The van der Waals surface area contributed by atoms with E-state index in [2.05, 4.69) is 10.2 Å². The van der Waals surface area contributed by atoms with Gasteiger partial charge in [0.15, 0.2) is 0 Å². The van der Waals surface area contributed by atoms with Gasteiger partial charge in [0.05, 0.1) is 0 Å². The molecule has 3 aromatic rings. The maximum Gasteiger partial charge on any atom is 0.320 e. The van der Waals surface area contributed by atoms with Crippen LogP contribution in [-0.4, -0.2) is 72.7 Å². The van der Waals surface area contributed by atoms with Gasteiger partial charge in [-0.1, -0.05) is 54.6 Å². The Morgan fingerprint density at radius 1 is 0.878 bits per heavy atom. The number of fused-ring (bicyclic) bond motifs is 3. The van der Waals surface area contributed by atoms with E-state index in [1.807, 2.05) is 42.5 Å². The molecule has 2 bridgehead atoms. The van der Waals surface area contributed by atoms with Crippen molar-refractivity contribution in [2.75, 3.05) is 32.7 Å². The molecule has 0 radical (unpaired) electrons. The zero-order chi connectivity index (χ0) is 28.4. The molecule has 1 atom stereocenters. The van der Waals surface area contributed by atoms with E-state index in [-0.39, 0.29) is 37.0 Å². The van der Waals surface area contributed by atoms with Crippen LogP contribution in [0.4, 0.5) is 0 Å². The van der Waals surface area contributed by atoms with Crippen LogP contribution in [0.2, 0.25) is 0 Å². The summed E-state index contributed by atoms with van der Waals surface area (Å²) in [6.45, 7) is 3.80. The molecule has 0 saturated carbocycles. The molecular formula is C33H33N3O5. The lowest BCUT2D eigenvalue weighted by Gasteiger charge is -2.50. The third kappa shape index (κ3) is 5.39. The number of piperidine rings is 3. The van der Waals surface area contributed by atoms with Gasteiger partial charge in [0.1, 0.15) is 17.8 Å². The van der Waals surface area contributed by atoms with E-state index in [0.29, 0.717) is 29.2 Å². The van der Waals surface area contributed by atoms with Gasteiger partial charge in [-0.3, -0.25) is 24.1 Å². The first-order valence-corrected chi connectivity index (χ1v) is 14.2. The summed E-state index contributed by atoms with van der Waals surface area (Å²) in [5.74, 6) is -0.206. The highest BCUT2D eigenvalue weighted by Gasteiger charge is 2.54. The van der Waals surface area contributed by atoms with Crippen LogP contribution in [0, 0.1) is 5.92 Å². The second-order valence-corrected chi connectivity index (χ2v) is 11.3. The van der Waals surface area contributed by atoms with Gasteiger partial charge in [-0.05, 0) is 67.2 Å². The van der Waals surface area contributed by atoms with Crippen LogP contribution < -0.4 is 5.32 Å². The highest BCUT2D eigenvalue weighted by molar-refractivity contribution is 5.98. The summed E-state index contributed by atoms with van der Waals surface area (Å²) in [7, 11) is 0. The molecule has 4 aliphatic heterocycles. The fourth-order valence-electron chi connectivity index (χ4n) is 6.18. The number of ether oxygens (including phenoxy) is 1. The number of hydrogen-bond acceptors (Lipinski definition) is 6. The summed E-state index contributed by atoms with van der Waals surface area (Å²) in [4.78, 5) is 54.3. The van der Waals surface area contributed by atoms with E-state index in [0.717, 1.165) is 49.9 Å². The first-order chi connectivity index (χ1) is 19.9. The summed E-state index contributed by atoms with van der Waals surface area (Å²) >= 11 is 0. The number of nitrogens with zero attached hydrogens (tertiary/aromatic N) is 2. The molecule has 1 N–H and O–H groups in total. The minimum atomic E-state index is -0.864. The van der Waals surface area contributed by atoms with Gasteiger partial charge in [-0.15, -0.1) is 0 Å². The minimum Gasteiger partial charge on any atom is -0.460 e. The predicted molar refractivity (Wildman–Crippen MR) is 153 cm³/mol. The zero-order valence-corrected chi connectivity index (χ0v) is 22.8. The molecule has 4 aliphatic rings. The molecule has 7 rings (SSSR count). The molecule has 4 saturated heterocycles. The van der Waals surface area contributed by atoms with E-state index in [4.69, 9.17) is 4.74 Å². The number of esters is 1. The zero-order valence-electron chi connectivity index (χ0n) is 22.8. The molecule has 41 heavy (non-hydrogen) atoms. The molecule has 0 aliphatic carbocycles. The Labute approximate surface area is 239 Å². The summed E-state index contributed by atoms with van der Waals surface area (Å²) < 4.78 is 6.16. The predicted octanol–water partition coefficient (Wildman–Crippen LogP) is 3.46. The molecule has 1 unspecified atom stereocenters. The average molecular weight is 552 g/mol. The maximum atomic E-state index is 13.7. The summed E-state index contributed by atoms with van der Waals surface area (Å²) in [5, 5.41) is 2.85. The number of carbonyl (C=O) groups is 4. The van der Waals surface area contributed by atoms with Crippen molar-refractivity contribution in [2.45, 2.75) is 30.9 Å². The van der Waals surface area contributed by atoms with E-state index < -0.39 is 5.41 Å². The Morgan fingerprint density at radius 3 is 2.15 bits per heavy atom. The topological polar surface area (TPSA) is 96.0 Å². The Bertz CT molecular complexity index is 1420. The van der Waals surface area contributed by atoms with Crippen LogP contribution in [0.5, 0.6) is 0 Å². The largest absolute Gasteiger partial charge is 0.460 e. The second kappa shape index (κ2) is 11.3. The smallest absolute Gasteiger partial charge is 0.320 e. The SMILES string of the molecule is O=Cc1ccc(C(=O)NCc2ccc(C(=O)N3CC(C(=O)OC4CN5CCC4CC5)(c4ccccc4)C3)cc2)cc1. The lowest BCUT2D eigenvalue weighted by molar-refractivity contribution is -0.171. The first kappa shape index (κ1) is 26.9. The third-order valence-electron chi connectivity index (χ3n) is 8.74. The quantitative estimate of drug-likeness (QED) is 0.340. The number of amides is 2. The van der Waals surface area contributed by atoms with Crippen molar-refractivity contribution >= 4 is 24.1 Å². The molecular weight excluding hydrogens is 518 g/mol. The average Bonchev–Trinajstić information content (AvgIpc) is 3.00. The Hall–Kier alpha value is -4.30. The lowest BCUT2D eigenvalue weighted by atomic mass is 9.73. The Morgan fingerprint density at radius 2 is 1.54 bits per heavy atom. The van der Waals surface area contributed by atoms with Crippen molar-refractivity contribution in [2.24, 2.45) is 5.92 Å². The molecule has 8 heteroatoms. The highest BCUT2D eigenvalue weighted by Crippen LogP contribution is 2.39. The van der Waals surface area contributed by atoms with Crippen molar-refractivity contribution in [1.82, 2.24) is 15.1 Å². The van der Waals surface area contributed by atoms with Crippen molar-refractivity contribution < 1.29 is 23.9 Å². The summed E-state index contributed by atoms with van der Waals surface area (Å²) in [6, 6.07) is 23.2. The number of carbonyl (C=O) groups excluding carboxylic acids is 4. The van der Waals surface area contributed by atoms with Gasteiger partial charge >= 0.3 is 5.97 Å². The standard InChI is InChI=1S/C33H33N3O5/c37-20-24-8-10-26(11-9-24)30(38)34-18-23-6-12-27(13-7-23)31(39)36-21-33(22-36,28-4-2-1-3-5-28)32(40)41-29-19-35-16-14-25(29)15-17-35/h1-13,20,25,29H,14-19,21-22H2,(H,34,38). The van der Waals surface area contributed by atoms with Gasteiger partial charge in [-0.25, -0.2) is 0 Å². The number of aldehydes is 1. The third-order valence-corrected chi connectivity index (χ3v) is 8.74. The van der Waals surface area contributed by atoms with E-state index in [1.54, 1.807) is 41.3 Å². The fraction of sp³-hybridized carbons (Fsp3) is 0.333. The minimum absolute atomic E-state index is 0.0842. The van der Waals surface area contributed by atoms with E-state index in [9.17, 15) is 19.2 Å². The van der Waals surface area contributed by atoms with Gasteiger partial charge in [0, 0.05) is 42.9 Å². The van der Waals surface area contributed by atoms with Crippen molar-refractivity contribution in [1.29, 1.82) is 0 Å². The van der Waals surface area contributed by atoms with E-state index >= 15 is 0 Å². The number of hydrogen-bond donors (Lipinski definition) is 1. The number of rotatable bonds is 8. The Balaban J connectivity index is 1.08. The van der Waals surface area contributed by atoms with Crippen LogP contribution in [-0.2, 0) is 21.5 Å². The van der Waals surface area contributed by atoms with Crippen LogP contribution in [0.3, 0.4) is 0 Å². The molecule has 3 aromatic carbocycles. The number of likely N-dealkylation sites (tertiary alicyclic amines) is 1. The van der Waals surface area contributed by atoms with Crippen LogP contribution in [0.15, 0.2) is 78.9 Å². The maximum absolute atomic E-state index is 13.7. The molecule has 0 aromatic heterocycles. The molecule has 0 spiro atoms. The van der Waals surface area contributed by atoms with Crippen molar-refractivity contribution in [3.05, 3.63) is 107 Å². The lowest BCUT2D eigenvalue weighted by Crippen LogP contribution is -2.66. The highest BCUT2D eigenvalue weighted by atomic mass is 16.5. The summed E-state index contributed by atoms with van der Waals surface area (Å²) in [5.41, 5.74) is 2.36. The van der Waals surface area contributed by atoms with Gasteiger partial charge in [0.2, 0.25) is 0 Å². The Kier molecular flexibility index (Phi) is 7.41. The van der Waals surface area contributed by atoms with Gasteiger partial charge in [-0.2, -0.15) is 0 Å². The normalized spacial score (nSPS) is 22.3. The summed E-state index contributed by atoms with van der Waals surface area (Å²) in [6.07, 6.45) is 2.78.